The van der Waals surface area contributed by atoms with Crippen LogP contribution in [0.5, 0.6) is 5.75 Å². The Hall–Kier alpha value is -3.56. The molecule has 2 N–H and O–H groups in total. The molecule has 4 aromatic rings. The van der Waals surface area contributed by atoms with Gasteiger partial charge in [-0.25, -0.2) is 4.68 Å². The van der Waals surface area contributed by atoms with Gasteiger partial charge in [-0.1, -0.05) is 71.0 Å². The quantitative estimate of drug-likeness (QED) is 0.206. The fourth-order valence-electron chi connectivity index (χ4n) is 4.62. The molecule has 1 atom stereocenters. The van der Waals surface area contributed by atoms with E-state index in [9.17, 15) is 4.79 Å². The lowest BCUT2D eigenvalue weighted by molar-refractivity contribution is -0.113. The maximum Gasteiger partial charge on any atom is 0.255 e. The number of aryl methyl sites for hydroxylation is 2. The average molecular weight is 605 g/mol. The largest absolute Gasteiger partial charge is 0.489 e. The predicted molar refractivity (Wildman–Crippen MR) is 160 cm³/mol. The normalized spacial score (nSPS) is 14.5. The molecule has 0 aliphatic carbocycles. The summed E-state index contributed by atoms with van der Waals surface area (Å²) in [7, 11) is 0. The van der Waals surface area contributed by atoms with Crippen LogP contribution in [0, 0.1) is 13.8 Å². The molecule has 9 heteroatoms. The second kappa shape index (κ2) is 11.7. The first-order chi connectivity index (χ1) is 18.8. The maximum absolute atomic E-state index is 13.9. The number of thioether (sulfide) groups is 1. The number of rotatable bonds is 8. The van der Waals surface area contributed by atoms with Crippen LogP contribution in [0.15, 0.2) is 87.6 Å². The van der Waals surface area contributed by atoms with Crippen LogP contribution in [0.4, 0.5) is 11.6 Å². The number of halogens is 1. The molecule has 0 saturated heterocycles. The molecule has 3 aromatic carbocycles. The highest BCUT2D eigenvalue weighted by Crippen LogP contribution is 2.41. The van der Waals surface area contributed by atoms with Gasteiger partial charge in [0.05, 0.1) is 5.57 Å². The Morgan fingerprint density at radius 2 is 1.92 bits per heavy atom. The third-order valence-corrected chi connectivity index (χ3v) is 7.75. The zero-order chi connectivity index (χ0) is 27.5. The topological polar surface area (TPSA) is 81.1 Å². The van der Waals surface area contributed by atoms with E-state index in [1.54, 1.807) is 16.4 Å². The Morgan fingerprint density at radius 3 is 2.69 bits per heavy atom. The summed E-state index contributed by atoms with van der Waals surface area (Å²) >= 11 is 5.19. The second-order valence-electron chi connectivity index (χ2n) is 9.38. The van der Waals surface area contributed by atoms with Crippen LogP contribution < -0.4 is 15.4 Å². The van der Waals surface area contributed by atoms with E-state index in [0.717, 1.165) is 38.2 Å². The third kappa shape index (κ3) is 5.89. The molecule has 0 spiro atoms. The number of aromatic nitrogens is 3. The number of allylic oxidation sites excluding steroid dienone is 1. The van der Waals surface area contributed by atoms with E-state index in [0.29, 0.717) is 34.7 Å². The molecule has 200 valence electrons. The zero-order valence-corrected chi connectivity index (χ0v) is 24.7. The molecule has 0 saturated carbocycles. The van der Waals surface area contributed by atoms with Gasteiger partial charge in [0.25, 0.3) is 5.91 Å². The van der Waals surface area contributed by atoms with Crippen molar-refractivity contribution in [3.8, 4) is 5.75 Å². The Labute approximate surface area is 241 Å². The summed E-state index contributed by atoms with van der Waals surface area (Å²) in [5.74, 6) is 1.88. The van der Waals surface area contributed by atoms with Crippen LogP contribution in [0.2, 0.25) is 0 Å². The number of carbonyl (C=O) groups is 1. The molecule has 7 nitrogen and oxygen atoms in total. The number of fused-ring (bicyclic) bond motifs is 1. The molecule has 1 aliphatic heterocycles. The molecule has 5 rings (SSSR count). The van der Waals surface area contributed by atoms with E-state index >= 15 is 0 Å². The van der Waals surface area contributed by atoms with Gasteiger partial charge in [-0.3, -0.25) is 4.79 Å². The fourth-order valence-corrected chi connectivity index (χ4v) is 5.55. The van der Waals surface area contributed by atoms with Crippen molar-refractivity contribution >= 4 is 45.2 Å². The highest BCUT2D eigenvalue weighted by Gasteiger charge is 2.36. The number of amides is 1. The van der Waals surface area contributed by atoms with Gasteiger partial charge in [-0.2, -0.15) is 4.98 Å². The number of anilines is 2. The molecule has 2 heterocycles. The van der Waals surface area contributed by atoms with Gasteiger partial charge >= 0.3 is 0 Å². The fraction of sp³-hybridized carbons (Fsp3) is 0.233. The summed E-state index contributed by atoms with van der Waals surface area (Å²) in [6.07, 6.45) is 0. The van der Waals surface area contributed by atoms with Gasteiger partial charge in [0, 0.05) is 21.4 Å². The highest BCUT2D eigenvalue weighted by molar-refractivity contribution is 9.10. The van der Waals surface area contributed by atoms with Crippen LogP contribution >= 0.6 is 27.7 Å². The average Bonchev–Trinajstić information content (AvgIpc) is 3.30. The summed E-state index contributed by atoms with van der Waals surface area (Å²) in [4.78, 5) is 18.6. The number of hydrogen-bond donors (Lipinski definition) is 2. The van der Waals surface area contributed by atoms with Crippen molar-refractivity contribution in [2.24, 2.45) is 0 Å². The molecule has 1 aromatic heterocycles. The van der Waals surface area contributed by atoms with Crippen LogP contribution in [0.3, 0.4) is 0 Å². The predicted octanol–water partition coefficient (Wildman–Crippen LogP) is 7.28. The molecule has 0 radical (unpaired) electrons. The molecular weight excluding hydrogens is 574 g/mol. The Morgan fingerprint density at radius 1 is 1.10 bits per heavy atom. The third-order valence-electron chi connectivity index (χ3n) is 6.54. The minimum Gasteiger partial charge on any atom is -0.489 e. The van der Waals surface area contributed by atoms with Crippen LogP contribution in [-0.4, -0.2) is 26.4 Å². The monoisotopic (exact) mass is 603 g/mol. The zero-order valence-electron chi connectivity index (χ0n) is 22.3. The summed E-state index contributed by atoms with van der Waals surface area (Å²) in [6.45, 7) is 8.43. The van der Waals surface area contributed by atoms with Gasteiger partial charge in [-0.05, 0) is 73.5 Å². The van der Waals surface area contributed by atoms with E-state index in [1.165, 1.54) is 0 Å². The smallest absolute Gasteiger partial charge is 0.255 e. The lowest BCUT2D eigenvalue weighted by Crippen LogP contribution is -2.31. The van der Waals surface area contributed by atoms with Gasteiger partial charge in [0.2, 0.25) is 11.1 Å². The van der Waals surface area contributed by atoms with Crippen molar-refractivity contribution in [1.29, 1.82) is 0 Å². The van der Waals surface area contributed by atoms with Gasteiger partial charge in [0.1, 0.15) is 18.4 Å². The minimum absolute atomic E-state index is 0.216. The van der Waals surface area contributed by atoms with Crippen molar-refractivity contribution in [3.05, 3.63) is 105 Å². The summed E-state index contributed by atoms with van der Waals surface area (Å²) in [6, 6.07) is 21.2. The Bertz CT molecular complexity index is 1560. The number of nitrogens with one attached hydrogen (secondary N) is 2. The van der Waals surface area contributed by atoms with Gasteiger partial charge in [-0.15, -0.1) is 5.10 Å². The number of carbonyl (C=O) groups excluding carboxylic acids is 1. The first-order valence-electron chi connectivity index (χ1n) is 12.8. The van der Waals surface area contributed by atoms with E-state index in [1.807, 2.05) is 68.4 Å². The van der Waals surface area contributed by atoms with Gasteiger partial charge in [0.15, 0.2) is 0 Å². The lowest BCUT2D eigenvalue weighted by atomic mass is 9.94. The van der Waals surface area contributed by atoms with E-state index in [-0.39, 0.29) is 5.91 Å². The van der Waals surface area contributed by atoms with Crippen LogP contribution in [0.1, 0.15) is 42.1 Å². The number of nitrogens with zero attached hydrogens (tertiary/aromatic N) is 3. The number of hydrogen-bond acceptors (Lipinski definition) is 6. The molecule has 39 heavy (non-hydrogen) atoms. The molecule has 1 aliphatic rings. The minimum atomic E-state index is -0.561. The molecule has 0 bridgehead atoms. The first kappa shape index (κ1) is 27.0. The molecule has 1 unspecified atom stereocenters. The van der Waals surface area contributed by atoms with E-state index < -0.39 is 6.04 Å². The van der Waals surface area contributed by atoms with Gasteiger partial charge < -0.3 is 15.4 Å². The Kier molecular flexibility index (Phi) is 8.09. The highest BCUT2D eigenvalue weighted by atomic mass is 79.9. The SMILES string of the molecule is CCSc1nc2n(n1)C(c1cc(Br)ccc1OCc1ccccc1C)C(C(=O)Nc1cccc(C)c1)=C(C)N2. The molecule has 1 amide bonds. The van der Waals surface area contributed by atoms with E-state index in [4.69, 9.17) is 14.8 Å². The first-order valence-corrected chi connectivity index (χ1v) is 14.5. The Balaban J connectivity index is 1.59. The number of ether oxygens (including phenoxy) is 1. The van der Waals surface area contributed by atoms with Crippen molar-refractivity contribution in [2.75, 3.05) is 16.4 Å². The molecule has 0 fully saturated rings. The van der Waals surface area contributed by atoms with Crippen LogP contribution in [0.25, 0.3) is 0 Å². The van der Waals surface area contributed by atoms with Crippen LogP contribution in [-0.2, 0) is 11.4 Å². The lowest BCUT2D eigenvalue weighted by Gasteiger charge is -2.30. The van der Waals surface area contributed by atoms with Crippen molar-refractivity contribution in [2.45, 2.75) is 45.5 Å². The standard InChI is InChI=1S/C30H30BrN5O2S/c1-5-39-30-34-29-32-20(4)26(28(37)33-23-12-8-9-18(2)15-23)27(36(29)35-30)24-16-22(31)13-14-25(24)38-17-21-11-7-6-10-19(21)3/h6-16,27H,5,17H2,1-4H3,(H,33,37)(H,32,34,35). The van der Waals surface area contributed by atoms with Crippen molar-refractivity contribution in [1.82, 2.24) is 14.8 Å². The van der Waals surface area contributed by atoms with E-state index in [2.05, 4.69) is 52.5 Å². The van der Waals surface area contributed by atoms with Crippen molar-refractivity contribution < 1.29 is 9.53 Å². The summed E-state index contributed by atoms with van der Waals surface area (Å²) in [5.41, 5.74) is 6.12. The second-order valence-corrected chi connectivity index (χ2v) is 11.5. The van der Waals surface area contributed by atoms with Crippen molar-refractivity contribution in [3.63, 3.8) is 0 Å². The molecular formula is C30H30BrN5O2S. The number of benzene rings is 3. The summed E-state index contributed by atoms with van der Waals surface area (Å²) in [5, 5.41) is 11.9. The maximum atomic E-state index is 13.9. The summed E-state index contributed by atoms with van der Waals surface area (Å²) < 4.78 is 9.08.